The van der Waals surface area contributed by atoms with Gasteiger partial charge in [-0.3, -0.25) is 19.2 Å². The molecular weight excluding hydrogens is 480 g/mol. The van der Waals surface area contributed by atoms with E-state index >= 15 is 0 Å². The van der Waals surface area contributed by atoms with Crippen LogP contribution >= 0.6 is 0 Å². The Morgan fingerprint density at radius 3 is 1.03 bits per heavy atom. The highest BCUT2D eigenvalue weighted by Gasteiger charge is 2.49. The first-order valence-corrected chi connectivity index (χ1v) is 10.2. The van der Waals surface area contributed by atoms with Gasteiger partial charge >= 0.3 is 35.8 Å². The van der Waals surface area contributed by atoms with E-state index in [4.69, 9.17) is 18.9 Å². The van der Waals surface area contributed by atoms with Crippen LogP contribution in [0.15, 0.2) is 12.2 Å². The average Bonchev–Trinajstić information content (AvgIpc) is 2.90. The van der Waals surface area contributed by atoms with Gasteiger partial charge in [0.1, 0.15) is 0 Å². The first-order valence-electron chi connectivity index (χ1n) is 10.2. The van der Waals surface area contributed by atoms with Crippen molar-refractivity contribution in [2.75, 3.05) is 42.7 Å². The van der Waals surface area contributed by atoms with Crippen LogP contribution in [0.4, 0.5) is 0 Å². The molecule has 0 N–H and O–H groups in total. The Balaban J connectivity index is 6.28. The highest BCUT2D eigenvalue weighted by atomic mass is 16.6. The Labute approximate surface area is 208 Å². The monoisotopic (exact) mass is 508 g/mol. The molecule has 0 aromatic carbocycles. The molecule has 0 spiro atoms. The summed E-state index contributed by atoms with van der Waals surface area (Å²) in [7, 11) is 6.43. The molecule has 0 saturated heterocycles. The van der Waals surface area contributed by atoms with Gasteiger partial charge in [0, 0.05) is 24.7 Å². The number of esters is 6. The number of ether oxygens (including phenoxy) is 6. The molecule has 0 fully saturated rings. The van der Waals surface area contributed by atoms with Crippen molar-refractivity contribution in [1.82, 2.24) is 0 Å². The number of allylic oxidation sites excluding steroid dienone is 2. The Hall–Kier alpha value is -4.32. The van der Waals surface area contributed by atoms with Gasteiger partial charge in [0.2, 0.25) is 0 Å². The summed E-state index contributed by atoms with van der Waals surface area (Å²) in [6.45, 7) is 0. The Morgan fingerprint density at radius 1 is 0.528 bits per heavy atom. The maximum atomic E-state index is 12.6. The summed E-state index contributed by atoms with van der Waals surface area (Å²) >= 11 is 0. The fourth-order valence-corrected chi connectivity index (χ4v) is 2.92. The molecule has 0 radical (unpaired) electrons. The van der Waals surface area contributed by atoms with E-state index in [-0.39, 0.29) is 12.8 Å². The van der Waals surface area contributed by atoms with Crippen LogP contribution in [0.1, 0.15) is 25.7 Å². The average molecular weight is 508 g/mol. The number of carbonyl (C=O) groups is 6. The first-order chi connectivity index (χ1) is 17.0. The predicted octanol–water partition coefficient (Wildman–Crippen LogP) is 0.121. The number of hydrogen-bond acceptors (Lipinski definition) is 12. The summed E-state index contributed by atoms with van der Waals surface area (Å²) in [6.07, 6.45) is 1.04. The van der Waals surface area contributed by atoms with E-state index in [1.807, 2.05) is 0 Å². The van der Waals surface area contributed by atoms with Gasteiger partial charge in [-0.05, 0) is 12.8 Å². The minimum atomic E-state index is -1.97. The second kappa shape index (κ2) is 15.6. The molecule has 196 valence electrons. The minimum Gasteiger partial charge on any atom is -0.468 e. The van der Waals surface area contributed by atoms with Crippen LogP contribution in [0.3, 0.4) is 0 Å². The normalized spacial score (nSPS) is 10.5. The lowest BCUT2D eigenvalue weighted by Crippen LogP contribution is -2.41. The predicted molar refractivity (Wildman–Crippen MR) is 120 cm³/mol. The van der Waals surface area contributed by atoms with E-state index in [0.29, 0.717) is 0 Å². The molecule has 12 heteroatoms. The third-order valence-corrected chi connectivity index (χ3v) is 4.94. The number of rotatable bonds is 10. The van der Waals surface area contributed by atoms with Crippen LogP contribution in [0.2, 0.25) is 0 Å². The standard InChI is InChI=1S/C24H28O12/c1-31-17(25)11-9-15-23(19(27)33-3,20(28)34-4)13-7-8-14-24(21(29)35-5,22(30)36-6)16-10-12-18(26)32-2/h7-8H,13-16H2,1-6H3/b8-7+. The SMILES string of the molecule is COC(=O)C#CCC(C/C=C/CC(CC#CC(=O)OC)(C(=O)OC)C(=O)OC)(C(=O)OC)C(=O)OC. The molecule has 0 atom stereocenters. The minimum absolute atomic E-state index is 0.339. The second-order valence-corrected chi connectivity index (χ2v) is 6.95. The molecule has 0 heterocycles. The van der Waals surface area contributed by atoms with Crippen LogP contribution < -0.4 is 0 Å². The van der Waals surface area contributed by atoms with E-state index in [2.05, 4.69) is 33.2 Å². The third kappa shape index (κ3) is 8.17. The Bertz CT molecular complexity index is 888. The lowest BCUT2D eigenvalue weighted by Gasteiger charge is -2.26. The van der Waals surface area contributed by atoms with Crippen molar-refractivity contribution in [3.05, 3.63) is 12.2 Å². The Kier molecular flexibility index (Phi) is 13.7. The smallest absolute Gasteiger partial charge is 0.384 e. The van der Waals surface area contributed by atoms with Crippen molar-refractivity contribution in [3.63, 3.8) is 0 Å². The van der Waals surface area contributed by atoms with Gasteiger partial charge in [-0.25, -0.2) is 9.59 Å². The molecule has 0 bridgehead atoms. The van der Waals surface area contributed by atoms with Gasteiger partial charge in [-0.2, -0.15) is 0 Å². The van der Waals surface area contributed by atoms with Crippen LogP contribution in [0, 0.1) is 34.5 Å². The molecule has 0 amide bonds. The molecule has 0 rings (SSSR count). The molecule has 0 aliphatic carbocycles. The van der Waals surface area contributed by atoms with Crippen molar-refractivity contribution < 1.29 is 57.2 Å². The molecule has 0 unspecified atom stereocenters. The summed E-state index contributed by atoms with van der Waals surface area (Å²) < 4.78 is 27.8. The number of carbonyl (C=O) groups excluding carboxylic acids is 6. The van der Waals surface area contributed by atoms with Crippen LogP contribution in [-0.2, 0) is 57.2 Å². The third-order valence-electron chi connectivity index (χ3n) is 4.94. The molecule has 0 aliphatic heterocycles. The van der Waals surface area contributed by atoms with Gasteiger partial charge in [0.05, 0.1) is 42.7 Å². The fraction of sp³-hybridized carbons (Fsp3) is 0.500. The van der Waals surface area contributed by atoms with Gasteiger partial charge in [-0.1, -0.05) is 24.0 Å². The lowest BCUT2D eigenvalue weighted by atomic mass is 9.79. The van der Waals surface area contributed by atoms with Gasteiger partial charge in [-0.15, -0.1) is 0 Å². The van der Waals surface area contributed by atoms with Crippen molar-refractivity contribution in [2.45, 2.75) is 25.7 Å². The first kappa shape index (κ1) is 31.7. The zero-order chi connectivity index (χ0) is 27.8. The van der Waals surface area contributed by atoms with E-state index < -0.39 is 59.5 Å². The zero-order valence-electron chi connectivity index (χ0n) is 20.9. The molecule has 12 nitrogen and oxygen atoms in total. The molecule has 0 aromatic heterocycles. The summed E-state index contributed by atoms with van der Waals surface area (Å²) in [4.78, 5) is 72.9. The van der Waals surface area contributed by atoms with E-state index in [1.54, 1.807) is 0 Å². The molecule has 36 heavy (non-hydrogen) atoms. The highest BCUT2D eigenvalue weighted by Crippen LogP contribution is 2.33. The van der Waals surface area contributed by atoms with Crippen LogP contribution in [0.25, 0.3) is 0 Å². The fourth-order valence-electron chi connectivity index (χ4n) is 2.92. The summed E-state index contributed by atoms with van der Waals surface area (Å²) in [5, 5.41) is 0. The topological polar surface area (TPSA) is 158 Å². The number of hydrogen-bond donors (Lipinski definition) is 0. The van der Waals surface area contributed by atoms with Crippen molar-refractivity contribution in [1.29, 1.82) is 0 Å². The van der Waals surface area contributed by atoms with E-state index in [0.717, 1.165) is 42.7 Å². The van der Waals surface area contributed by atoms with Gasteiger partial charge < -0.3 is 28.4 Å². The maximum absolute atomic E-state index is 12.6. The molecular formula is C24H28O12. The van der Waals surface area contributed by atoms with Crippen molar-refractivity contribution in [3.8, 4) is 23.7 Å². The zero-order valence-corrected chi connectivity index (χ0v) is 20.9. The second-order valence-electron chi connectivity index (χ2n) is 6.95. The summed E-state index contributed by atoms with van der Waals surface area (Å²) in [6, 6.07) is 0. The van der Waals surface area contributed by atoms with Gasteiger partial charge in [0.15, 0.2) is 10.8 Å². The summed E-state index contributed by atoms with van der Waals surface area (Å²) in [5.74, 6) is 3.28. The number of methoxy groups -OCH3 is 6. The van der Waals surface area contributed by atoms with E-state index in [1.165, 1.54) is 12.2 Å². The quantitative estimate of drug-likeness (QED) is 0.0981. The van der Waals surface area contributed by atoms with Crippen LogP contribution in [-0.4, -0.2) is 78.5 Å². The van der Waals surface area contributed by atoms with E-state index in [9.17, 15) is 28.8 Å². The van der Waals surface area contributed by atoms with Crippen molar-refractivity contribution in [2.24, 2.45) is 10.8 Å². The van der Waals surface area contributed by atoms with Crippen LogP contribution in [0.5, 0.6) is 0 Å². The molecule has 0 saturated carbocycles. The van der Waals surface area contributed by atoms with Crippen molar-refractivity contribution >= 4 is 35.8 Å². The maximum Gasteiger partial charge on any atom is 0.384 e. The summed E-state index contributed by atoms with van der Waals surface area (Å²) in [5.41, 5.74) is -3.93. The lowest BCUT2D eigenvalue weighted by molar-refractivity contribution is -0.170. The van der Waals surface area contributed by atoms with Gasteiger partial charge in [0.25, 0.3) is 0 Å². The highest BCUT2D eigenvalue weighted by molar-refractivity contribution is 6.01. The Morgan fingerprint density at radius 2 is 0.806 bits per heavy atom. The molecule has 0 aromatic rings. The molecule has 0 aliphatic rings. The largest absolute Gasteiger partial charge is 0.468 e.